The number of carbonyl (C=O) groups is 1. The van der Waals surface area contributed by atoms with Gasteiger partial charge >= 0.3 is 5.97 Å². The quantitative estimate of drug-likeness (QED) is 0.451. The van der Waals surface area contributed by atoms with Gasteiger partial charge in [-0.2, -0.15) is 5.10 Å². The number of imidazole rings is 1. The fraction of sp³-hybridized carbons (Fsp3) is 0.150. The number of nitrogens with two attached hydrogens (primary N) is 1. The van der Waals surface area contributed by atoms with Crippen molar-refractivity contribution in [1.29, 1.82) is 0 Å². The lowest BCUT2D eigenvalue weighted by molar-refractivity contribution is 0.0526. The largest absolute Gasteiger partial charge is 0.462 e. The zero-order valence-corrected chi connectivity index (χ0v) is 17.0. The number of hydrogen-bond acceptors (Lipinski definition) is 6. The maximum absolute atomic E-state index is 11.7. The Labute approximate surface area is 170 Å². The van der Waals surface area contributed by atoms with Crippen molar-refractivity contribution in [3.8, 4) is 11.5 Å². The van der Waals surface area contributed by atoms with Crippen LogP contribution in [0.1, 0.15) is 28.5 Å². The minimum atomic E-state index is -0.353. The van der Waals surface area contributed by atoms with Crippen LogP contribution in [-0.2, 0) is 4.74 Å². The van der Waals surface area contributed by atoms with Crippen LogP contribution in [-0.4, -0.2) is 28.5 Å². The molecule has 2 aromatic carbocycles. The fourth-order valence-electron chi connectivity index (χ4n) is 2.41. The second-order valence-corrected chi connectivity index (χ2v) is 6.71. The van der Waals surface area contributed by atoms with E-state index in [0.717, 1.165) is 15.7 Å². The Bertz CT molecular complexity index is 1010. The van der Waals surface area contributed by atoms with Gasteiger partial charge in [0.15, 0.2) is 0 Å². The molecule has 0 spiro atoms. The molecular weight excluding hydrogens is 424 g/mol. The number of nitrogens with zero attached hydrogens (tertiary/aromatic N) is 3. The number of carbonyl (C=O) groups excluding carboxylic acids is 1. The second-order valence-electron chi connectivity index (χ2n) is 5.86. The van der Waals surface area contributed by atoms with Crippen LogP contribution in [0.4, 0.5) is 5.95 Å². The molecule has 0 radical (unpaired) electrons. The molecule has 0 unspecified atom stereocenters. The number of esters is 1. The van der Waals surface area contributed by atoms with Gasteiger partial charge in [0.2, 0.25) is 5.95 Å². The zero-order valence-electron chi connectivity index (χ0n) is 15.4. The summed E-state index contributed by atoms with van der Waals surface area (Å²) >= 11 is 3.52. The van der Waals surface area contributed by atoms with E-state index in [2.05, 4.69) is 26.0 Å². The van der Waals surface area contributed by atoms with Gasteiger partial charge in [-0.25, -0.2) is 14.5 Å². The van der Waals surface area contributed by atoms with Crippen LogP contribution in [0.5, 0.6) is 11.5 Å². The minimum absolute atomic E-state index is 0.330. The zero-order chi connectivity index (χ0) is 20.1. The summed E-state index contributed by atoms with van der Waals surface area (Å²) in [5, 5.41) is 4.30. The van der Waals surface area contributed by atoms with E-state index < -0.39 is 0 Å². The highest BCUT2D eigenvalue weighted by Gasteiger charge is 2.07. The van der Waals surface area contributed by atoms with Gasteiger partial charge in [-0.1, -0.05) is 0 Å². The van der Waals surface area contributed by atoms with E-state index in [1.807, 2.05) is 25.1 Å². The summed E-state index contributed by atoms with van der Waals surface area (Å²) in [4.78, 5) is 15.8. The van der Waals surface area contributed by atoms with E-state index in [4.69, 9.17) is 15.2 Å². The van der Waals surface area contributed by atoms with Crippen molar-refractivity contribution >= 4 is 34.1 Å². The van der Waals surface area contributed by atoms with Gasteiger partial charge in [0, 0.05) is 10.0 Å². The molecule has 0 atom stereocenters. The normalized spacial score (nSPS) is 11.0. The average Bonchev–Trinajstić information content (AvgIpc) is 2.99. The molecule has 0 aliphatic carbocycles. The molecule has 8 heteroatoms. The molecule has 7 nitrogen and oxygen atoms in total. The molecule has 1 heterocycles. The third-order valence-corrected chi connectivity index (χ3v) is 4.42. The fourth-order valence-corrected chi connectivity index (χ4v) is 2.87. The van der Waals surface area contributed by atoms with E-state index in [9.17, 15) is 4.79 Å². The summed E-state index contributed by atoms with van der Waals surface area (Å²) in [5.74, 6) is 1.24. The SMILES string of the molecule is CCOC(=O)c1ccc(Oc2ccc(C=Nn3cc(C)nc3N)c(Br)c2)cc1. The summed E-state index contributed by atoms with van der Waals surface area (Å²) in [6, 6.07) is 12.3. The molecule has 2 N–H and O–H groups in total. The van der Waals surface area contributed by atoms with Crippen LogP contribution in [0.2, 0.25) is 0 Å². The molecule has 0 saturated heterocycles. The van der Waals surface area contributed by atoms with Crippen LogP contribution in [0.15, 0.2) is 58.2 Å². The summed E-state index contributed by atoms with van der Waals surface area (Å²) in [6.45, 7) is 3.96. The van der Waals surface area contributed by atoms with Crippen LogP contribution < -0.4 is 10.5 Å². The Hall–Kier alpha value is -3.13. The molecule has 144 valence electrons. The molecule has 1 aromatic heterocycles. The minimum Gasteiger partial charge on any atom is -0.462 e. The molecule has 3 rings (SSSR count). The van der Waals surface area contributed by atoms with E-state index in [1.165, 1.54) is 4.68 Å². The second kappa shape index (κ2) is 8.71. The lowest BCUT2D eigenvalue weighted by Crippen LogP contribution is -2.04. The first kappa shape index (κ1) is 19.6. The van der Waals surface area contributed by atoms with Crippen molar-refractivity contribution < 1.29 is 14.3 Å². The summed E-state index contributed by atoms with van der Waals surface area (Å²) < 4.78 is 13.1. The Kier molecular flexibility index (Phi) is 6.10. The average molecular weight is 443 g/mol. The van der Waals surface area contributed by atoms with Crippen LogP contribution in [0.3, 0.4) is 0 Å². The van der Waals surface area contributed by atoms with E-state index in [0.29, 0.717) is 29.6 Å². The van der Waals surface area contributed by atoms with Gasteiger partial charge in [-0.3, -0.25) is 0 Å². The number of aryl methyl sites for hydroxylation is 1. The van der Waals surface area contributed by atoms with Crippen molar-refractivity contribution in [1.82, 2.24) is 9.66 Å². The predicted molar refractivity (Wildman–Crippen MR) is 111 cm³/mol. The standard InChI is InChI=1S/C20H19BrN4O3/c1-3-27-19(26)14-4-7-16(8-5-14)28-17-9-6-15(18(21)10-17)11-23-25-12-13(2)24-20(25)22/h4-12H,3H2,1-2H3,(H2,22,24). The van der Waals surface area contributed by atoms with Crippen LogP contribution in [0, 0.1) is 6.92 Å². The topological polar surface area (TPSA) is 91.7 Å². The third-order valence-electron chi connectivity index (χ3n) is 3.73. The molecule has 28 heavy (non-hydrogen) atoms. The summed E-state index contributed by atoms with van der Waals surface area (Å²) in [7, 11) is 0. The van der Waals surface area contributed by atoms with Crippen LogP contribution in [0.25, 0.3) is 0 Å². The predicted octanol–water partition coefficient (Wildman–Crippen LogP) is 4.39. The lowest BCUT2D eigenvalue weighted by Gasteiger charge is -2.08. The molecule has 0 fully saturated rings. The van der Waals surface area contributed by atoms with Crippen molar-refractivity contribution in [3.63, 3.8) is 0 Å². The van der Waals surface area contributed by atoms with Gasteiger partial charge in [-0.15, -0.1) is 0 Å². The highest BCUT2D eigenvalue weighted by Crippen LogP contribution is 2.27. The summed E-state index contributed by atoms with van der Waals surface area (Å²) in [6.07, 6.45) is 3.43. The molecular formula is C20H19BrN4O3. The third kappa shape index (κ3) is 4.77. The van der Waals surface area contributed by atoms with Crippen molar-refractivity contribution in [2.75, 3.05) is 12.3 Å². The number of rotatable bonds is 6. The van der Waals surface area contributed by atoms with Gasteiger partial charge in [0.25, 0.3) is 0 Å². The van der Waals surface area contributed by atoms with E-state index in [-0.39, 0.29) is 5.97 Å². The Morgan fingerprint density at radius 3 is 2.57 bits per heavy atom. The Balaban J connectivity index is 1.70. The number of nitrogen functional groups attached to an aromatic ring is 1. The highest BCUT2D eigenvalue weighted by atomic mass is 79.9. The number of ether oxygens (including phenoxy) is 2. The van der Waals surface area contributed by atoms with Gasteiger partial charge in [0.1, 0.15) is 11.5 Å². The molecule has 0 saturated carbocycles. The Morgan fingerprint density at radius 2 is 1.96 bits per heavy atom. The van der Waals surface area contributed by atoms with Crippen molar-refractivity contribution in [3.05, 3.63) is 70.0 Å². The van der Waals surface area contributed by atoms with Crippen LogP contribution >= 0.6 is 15.9 Å². The first-order valence-electron chi connectivity index (χ1n) is 8.56. The monoisotopic (exact) mass is 442 g/mol. The van der Waals surface area contributed by atoms with Gasteiger partial charge in [-0.05, 0) is 72.2 Å². The molecule has 0 aliphatic heterocycles. The highest BCUT2D eigenvalue weighted by molar-refractivity contribution is 9.10. The number of hydrogen-bond donors (Lipinski definition) is 1. The van der Waals surface area contributed by atoms with Crippen molar-refractivity contribution in [2.24, 2.45) is 5.10 Å². The number of halogens is 1. The van der Waals surface area contributed by atoms with Gasteiger partial charge < -0.3 is 15.2 Å². The first-order chi connectivity index (χ1) is 13.5. The molecule has 0 aliphatic rings. The molecule has 0 bridgehead atoms. The van der Waals surface area contributed by atoms with E-state index >= 15 is 0 Å². The Morgan fingerprint density at radius 1 is 1.25 bits per heavy atom. The maximum Gasteiger partial charge on any atom is 0.338 e. The van der Waals surface area contributed by atoms with E-state index in [1.54, 1.807) is 43.6 Å². The summed E-state index contributed by atoms with van der Waals surface area (Å²) in [5.41, 5.74) is 7.91. The first-order valence-corrected chi connectivity index (χ1v) is 9.36. The number of anilines is 1. The molecule has 0 amide bonds. The lowest BCUT2D eigenvalue weighted by atomic mass is 10.2. The van der Waals surface area contributed by atoms with Gasteiger partial charge in [0.05, 0.1) is 30.3 Å². The number of benzene rings is 2. The number of aromatic nitrogens is 2. The smallest absolute Gasteiger partial charge is 0.338 e. The molecule has 3 aromatic rings. The maximum atomic E-state index is 11.7. The van der Waals surface area contributed by atoms with Crippen molar-refractivity contribution in [2.45, 2.75) is 13.8 Å².